The van der Waals surface area contributed by atoms with Crippen LogP contribution in [-0.2, 0) is 15.9 Å². The first-order chi connectivity index (χ1) is 13.5. The molecule has 2 rings (SSSR count). The zero-order valence-electron chi connectivity index (χ0n) is 17.3. The molecule has 7 nitrogen and oxygen atoms in total. The van der Waals surface area contributed by atoms with E-state index in [0.29, 0.717) is 50.4 Å². The molecule has 0 aromatic heterocycles. The molecule has 0 radical (unpaired) electrons. The van der Waals surface area contributed by atoms with Crippen molar-refractivity contribution in [1.82, 2.24) is 4.90 Å². The Morgan fingerprint density at radius 2 is 2.07 bits per heavy atom. The third kappa shape index (κ3) is 6.27. The molecule has 28 heavy (non-hydrogen) atoms. The van der Waals surface area contributed by atoms with Crippen LogP contribution in [0.15, 0.2) is 18.2 Å². The van der Waals surface area contributed by atoms with Crippen LogP contribution in [0.5, 0.6) is 11.5 Å². The molecule has 0 bridgehead atoms. The molecule has 1 saturated heterocycles. The zero-order valence-corrected chi connectivity index (χ0v) is 17.3. The number of hydrogen-bond donors (Lipinski definition) is 1. The van der Waals surface area contributed by atoms with Gasteiger partial charge in [-0.3, -0.25) is 4.90 Å². The summed E-state index contributed by atoms with van der Waals surface area (Å²) in [6.07, 6.45) is 1.03. The van der Waals surface area contributed by atoms with Gasteiger partial charge in [-0.2, -0.15) is 0 Å². The van der Waals surface area contributed by atoms with Gasteiger partial charge in [0.2, 0.25) is 0 Å². The molecule has 0 aliphatic carbocycles. The Morgan fingerprint density at radius 1 is 1.29 bits per heavy atom. The quantitative estimate of drug-likeness (QED) is 0.576. The summed E-state index contributed by atoms with van der Waals surface area (Å²) in [6.45, 7) is 6.44. The lowest BCUT2D eigenvalue weighted by Gasteiger charge is -2.27. The van der Waals surface area contributed by atoms with Crippen molar-refractivity contribution in [3.63, 3.8) is 0 Å². The monoisotopic (exact) mass is 395 g/mol. The summed E-state index contributed by atoms with van der Waals surface area (Å²) in [5.41, 5.74) is 1.14. The Balaban J connectivity index is 2.06. The van der Waals surface area contributed by atoms with Crippen LogP contribution in [-0.4, -0.2) is 62.9 Å². The minimum atomic E-state index is -0.916. The van der Waals surface area contributed by atoms with Crippen LogP contribution >= 0.6 is 0 Å². The van der Waals surface area contributed by atoms with E-state index < -0.39 is 6.09 Å². The van der Waals surface area contributed by atoms with Crippen LogP contribution in [0.4, 0.5) is 4.79 Å². The van der Waals surface area contributed by atoms with Crippen molar-refractivity contribution in [2.45, 2.75) is 39.3 Å². The fraction of sp³-hybridized carbons (Fsp3) is 0.667. The molecule has 1 heterocycles. The Hall–Kier alpha value is -1.99. The average Bonchev–Trinajstić information content (AvgIpc) is 3.13. The van der Waals surface area contributed by atoms with Gasteiger partial charge in [0.15, 0.2) is 11.5 Å². The Labute approximate surface area is 167 Å². The summed E-state index contributed by atoms with van der Waals surface area (Å²) in [5.74, 6) is 2.12. The number of ether oxygens (including phenoxy) is 4. The highest BCUT2D eigenvalue weighted by Gasteiger charge is 2.32. The summed E-state index contributed by atoms with van der Waals surface area (Å²) in [6, 6.07) is 5.99. The predicted octanol–water partition coefficient (Wildman–Crippen LogP) is 3.65. The summed E-state index contributed by atoms with van der Waals surface area (Å²) in [4.78, 5) is 12.8. The minimum absolute atomic E-state index is 0.291. The van der Waals surface area contributed by atoms with Gasteiger partial charge < -0.3 is 24.1 Å². The molecular weight excluding hydrogens is 362 g/mol. The number of hydrogen-bond acceptors (Lipinski definition) is 5. The fourth-order valence-electron chi connectivity index (χ4n) is 3.43. The van der Waals surface area contributed by atoms with E-state index >= 15 is 0 Å². The normalized spacial score (nSPS) is 17.8. The van der Waals surface area contributed by atoms with Crippen molar-refractivity contribution in [2.75, 3.05) is 40.6 Å². The summed E-state index contributed by atoms with van der Waals surface area (Å²) >= 11 is 0. The van der Waals surface area contributed by atoms with Crippen LogP contribution in [0.25, 0.3) is 0 Å². The molecule has 1 aliphatic rings. The van der Waals surface area contributed by atoms with E-state index in [1.54, 1.807) is 14.2 Å². The first-order valence-electron chi connectivity index (χ1n) is 9.86. The van der Waals surface area contributed by atoms with Crippen LogP contribution in [0, 0.1) is 11.8 Å². The molecule has 1 aromatic rings. The first-order valence-corrected chi connectivity index (χ1v) is 9.86. The van der Waals surface area contributed by atoms with Gasteiger partial charge in [0.1, 0.15) is 6.23 Å². The molecule has 1 amide bonds. The van der Waals surface area contributed by atoms with Gasteiger partial charge in [-0.25, -0.2) is 4.79 Å². The molecule has 1 aromatic carbocycles. The number of nitrogens with zero attached hydrogens (tertiary/aromatic N) is 1. The zero-order chi connectivity index (χ0) is 20.5. The molecule has 1 unspecified atom stereocenters. The highest BCUT2D eigenvalue weighted by Crippen LogP contribution is 2.32. The molecular formula is C21H33NO6. The lowest BCUT2D eigenvalue weighted by atomic mass is 9.86. The molecule has 1 N–H and O–H groups in total. The van der Waals surface area contributed by atoms with Gasteiger partial charge in [0.25, 0.3) is 0 Å². The number of methoxy groups -OCH3 is 2. The largest absolute Gasteiger partial charge is 0.493 e. The topological polar surface area (TPSA) is 77.5 Å². The Kier molecular flexibility index (Phi) is 8.86. The Morgan fingerprint density at radius 3 is 2.71 bits per heavy atom. The summed E-state index contributed by atoms with van der Waals surface area (Å²) < 4.78 is 22.0. The smallest absolute Gasteiger partial charge is 0.409 e. The molecule has 1 aliphatic heterocycles. The minimum Gasteiger partial charge on any atom is -0.493 e. The van der Waals surface area contributed by atoms with Crippen molar-refractivity contribution in [3.8, 4) is 11.5 Å². The number of amides is 1. The highest BCUT2D eigenvalue weighted by atomic mass is 16.5. The van der Waals surface area contributed by atoms with Crippen molar-refractivity contribution in [1.29, 1.82) is 0 Å². The van der Waals surface area contributed by atoms with Gasteiger partial charge in [-0.1, -0.05) is 19.9 Å². The molecule has 0 spiro atoms. The number of carboxylic acid groups (broad SMARTS) is 1. The number of carbonyl (C=O) groups is 1. The van der Waals surface area contributed by atoms with E-state index in [1.807, 2.05) is 18.2 Å². The highest BCUT2D eigenvalue weighted by molar-refractivity contribution is 5.65. The van der Waals surface area contributed by atoms with Crippen molar-refractivity contribution in [2.24, 2.45) is 11.8 Å². The van der Waals surface area contributed by atoms with E-state index in [-0.39, 0.29) is 6.23 Å². The lowest BCUT2D eigenvalue weighted by molar-refractivity contribution is 0.0139. The standard InChI is InChI=1S/C21H33NO6/c1-15(2)17(14-20-22(21(23)24)8-11-28-20)12-16-6-7-18(26-4)19(13-16)27-10-5-9-25-3/h6-7,13,15,17,20H,5,8-12,14H2,1-4H3,(H,23,24)/t17-,20?/m1/s1. The van der Waals surface area contributed by atoms with Gasteiger partial charge in [-0.05, 0) is 42.4 Å². The van der Waals surface area contributed by atoms with E-state index in [2.05, 4.69) is 13.8 Å². The lowest BCUT2D eigenvalue weighted by Crippen LogP contribution is -2.37. The molecule has 2 atom stereocenters. The maximum absolute atomic E-state index is 11.4. The first kappa shape index (κ1) is 22.3. The number of rotatable bonds is 11. The molecule has 1 fully saturated rings. The predicted molar refractivity (Wildman–Crippen MR) is 106 cm³/mol. The maximum atomic E-state index is 11.4. The van der Waals surface area contributed by atoms with Crippen LogP contribution in [0.3, 0.4) is 0 Å². The van der Waals surface area contributed by atoms with Gasteiger partial charge in [0.05, 0.1) is 26.9 Å². The molecule has 158 valence electrons. The second kappa shape index (κ2) is 11.1. The van der Waals surface area contributed by atoms with Crippen LogP contribution in [0.1, 0.15) is 32.3 Å². The second-order valence-corrected chi connectivity index (χ2v) is 7.43. The van der Waals surface area contributed by atoms with Gasteiger partial charge >= 0.3 is 6.09 Å². The summed E-state index contributed by atoms with van der Waals surface area (Å²) in [5, 5.41) is 9.35. The van der Waals surface area contributed by atoms with Gasteiger partial charge in [0, 0.05) is 20.1 Å². The third-order valence-electron chi connectivity index (χ3n) is 5.16. The van der Waals surface area contributed by atoms with Crippen molar-refractivity contribution < 1.29 is 28.8 Å². The molecule has 0 saturated carbocycles. The average molecular weight is 395 g/mol. The van der Waals surface area contributed by atoms with Crippen molar-refractivity contribution >= 4 is 6.09 Å². The van der Waals surface area contributed by atoms with Crippen molar-refractivity contribution in [3.05, 3.63) is 23.8 Å². The fourth-order valence-corrected chi connectivity index (χ4v) is 3.43. The number of benzene rings is 1. The van der Waals surface area contributed by atoms with E-state index in [4.69, 9.17) is 18.9 Å². The second-order valence-electron chi connectivity index (χ2n) is 7.43. The molecule has 7 heteroatoms. The van der Waals surface area contributed by atoms with E-state index in [0.717, 1.165) is 24.2 Å². The SMILES string of the molecule is COCCCOc1cc(C[C@H](CC2OCCN2C(=O)O)C(C)C)ccc1OC. The Bertz CT molecular complexity index is 621. The maximum Gasteiger partial charge on any atom is 0.409 e. The van der Waals surface area contributed by atoms with Crippen LogP contribution in [0.2, 0.25) is 0 Å². The van der Waals surface area contributed by atoms with E-state index in [1.165, 1.54) is 4.90 Å². The van der Waals surface area contributed by atoms with E-state index in [9.17, 15) is 9.90 Å². The summed E-state index contributed by atoms with van der Waals surface area (Å²) in [7, 11) is 3.30. The van der Waals surface area contributed by atoms with Gasteiger partial charge in [-0.15, -0.1) is 0 Å². The van der Waals surface area contributed by atoms with Crippen LogP contribution < -0.4 is 9.47 Å². The third-order valence-corrected chi connectivity index (χ3v) is 5.16.